The van der Waals surface area contributed by atoms with Gasteiger partial charge in [-0.3, -0.25) is 4.98 Å². The van der Waals surface area contributed by atoms with Crippen LogP contribution in [0, 0.1) is 17.5 Å². The number of hydrogen-bond acceptors (Lipinski definition) is 2. The molecule has 1 heterocycles. The predicted octanol–water partition coefficient (Wildman–Crippen LogP) is 4.33. The first-order valence-electron chi connectivity index (χ1n) is 5.57. The minimum atomic E-state index is -1.49. The van der Waals surface area contributed by atoms with Crippen molar-refractivity contribution in [3.8, 4) is 0 Å². The molecule has 2 aromatic rings. The second-order valence-electron chi connectivity index (χ2n) is 4.01. The molecule has 1 aromatic heterocycles. The van der Waals surface area contributed by atoms with Crippen molar-refractivity contribution in [2.75, 3.05) is 7.05 Å². The summed E-state index contributed by atoms with van der Waals surface area (Å²) in [5.74, 6) is -3.93. The van der Waals surface area contributed by atoms with Crippen LogP contribution in [0.2, 0.25) is 0 Å². The lowest BCUT2D eigenvalue weighted by molar-refractivity contribution is 0.434. The fraction of sp³-hybridized carbons (Fsp3) is 0.154. The van der Waals surface area contributed by atoms with Gasteiger partial charge < -0.3 is 5.32 Å². The minimum Gasteiger partial charge on any atom is -0.308 e. The number of benzene rings is 1. The second kappa shape index (κ2) is 6.24. The molecule has 2 nitrogen and oxygen atoms in total. The van der Waals surface area contributed by atoms with Gasteiger partial charge in [0.15, 0.2) is 17.5 Å². The summed E-state index contributed by atoms with van der Waals surface area (Å²) in [4.78, 5) is 4.18. The summed E-state index contributed by atoms with van der Waals surface area (Å²) in [5.41, 5.74) is 0.461. The highest BCUT2D eigenvalue weighted by atomic mass is 79.9. The predicted molar refractivity (Wildman–Crippen MR) is 76.9 cm³/mol. The largest absolute Gasteiger partial charge is 0.308 e. The van der Waals surface area contributed by atoms with E-state index in [-0.39, 0.29) is 5.56 Å². The van der Waals surface area contributed by atoms with E-state index in [1.54, 1.807) is 19.3 Å². The average Bonchev–Trinajstić information content (AvgIpc) is 2.41. The van der Waals surface area contributed by atoms with Crippen LogP contribution in [-0.2, 0) is 0 Å². The van der Waals surface area contributed by atoms with Crippen molar-refractivity contribution in [2.45, 2.75) is 6.04 Å². The standard InChI is InChI=1S/C13H9Br2F3N2/c1-19-12(13-8(15)4-6(14)5-20-13)7-2-3-9(16)11(18)10(7)17/h2-5,12,19H,1H3. The molecule has 1 unspecified atom stereocenters. The van der Waals surface area contributed by atoms with Crippen molar-refractivity contribution >= 4 is 31.9 Å². The van der Waals surface area contributed by atoms with Crippen LogP contribution in [0.15, 0.2) is 33.3 Å². The summed E-state index contributed by atoms with van der Waals surface area (Å²) < 4.78 is 41.6. The number of halogens is 5. The Labute approximate surface area is 130 Å². The van der Waals surface area contributed by atoms with E-state index in [0.717, 1.165) is 10.5 Å². The summed E-state index contributed by atoms with van der Waals surface area (Å²) in [6.07, 6.45) is 1.54. The highest BCUT2D eigenvalue weighted by molar-refractivity contribution is 9.11. The highest BCUT2D eigenvalue weighted by Gasteiger charge is 2.23. The molecule has 0 radical (unpaired) electrons. The van der Waals surface area contributed by atoms with Gasteiger partial charge in [0.25, 0.3) is 0 Å². The lowest BCUT2D eigenvalue weighted by atomic mass is 10.0. The zero-order valence-electron chi connectivity index (χ0n) is 10.2. The maximum Gasteiger partial charge on any atom is 0.194 e. The molecule has 0 fully saturated rings. The van der Waals surface area contributed by atoms with E-state index in [4.69, 9.17) is 0 Å². The van der Waals surface area contributed by atoms with Gasteiger partial charge in [-0.05, 0) is 51.0 Å². The van der Waals surface area contributed by atoms with Crippen LogP contribution in [0.1, 0.15) is 17.3 Å². The molecular weight excluding hydrogens is 401 g/mol. The van der Waals surface area contributed by atoms with Crippen LogP contribution in [0.3, 0.4) is 0 Å². The Morgan fingerprint density at radius 2 is 1.85 bits per heavy atom. The third kappa shape index (κ3) is 2.89. The van der Waals surface area contributed by atoms with Gasteiger partial charge in [0, 0.05) is 20.7 Å². The number of rotatable bonds is 3. The number of nitrogens with zero attached hydrogens (tertiary/aromatic N) is 1. The first-order chi connectivity index (χ1) is 9.45. The summed E-state index contributed by atoms with van der Waals surface area (Å²) in [6, 6.07) is 3.13. The van der Waals surface area contributed by atoms with Crippen LogP contribution < -0.4 is 5.32 Å². The maximum absolute atomic E-state index is 13.9. The number of nitrogens with one attached hydrogen (secondary N) is 1. The van der Waals surface area contributed by atoms with Gasteiger partial charge in [0.05, 0.1) is 11.7 Å². The topological polar surface area (TPSA) is 24.9 Å². The maximum atomic E-state index is 13.9. The molecule has 0 aliphatic heterocycles. The molecule has 106 valence electrons. The van der Waals surface area contributed by atoms with E-state index in [9.17, 15) is 13.2 Å². The lowest BCUT2D eigenvalue weighted by Gasteiger charge is -2.18. The first-order valence-corrected chi connectivity index (χ1v) is 7.16. The third-order valence-electron chi connectivity index (χ3n) is 2.77. The Hall–Kier alpha value is -0.920. The minimum absolute atomic E-state index is 0.0121. The summed E-state index contributed by atoms with van der Waals surface area (Å²) >= 11 is 6.58. The van der Waals surface area contributed by atoms with Gasteiger partial charge in [-0.25, -0.2) is 13.2 Å². The van der Waals surface area contributed by atoms with Gasteiger partial charge >= 0.3 is 0 Å². The van der Waals surface area contributed by atoms with E-state index in [1.807, 2.05) is 0 Å². The Morgan fingerprint density at radius 3 is 2.45 bits per heavy atom. The third-order valence-corrected chi connectivity index (χ3v) is 3.84. The molecule has 20 heavy (non-hydrogen) atoms. The van der Waals surface area contributed by atoms with Crippen molar-refractivity contribution in [1.82, 2.24) is 10.3 Å². The van der Waals surface area contributed by atoms with E-state index in [2.05, 4.69) is 42.2 Å². The number of pyridine rings is 1. The molecule has 0 spiro atoms. The van der Waals surface area contributed by atoms with Crippen LogP contribution in [0.5, 0.6) is 0 Å². The van der Waals surface area contributed by atoms with Gasteiger partial charge in [-0.15, -0.1) is 0 Å². The molecule has 0 amide bonds. The fourth-order valence-corrected chi connectivity index (χ4v) is 3.06. The molecule has 0 aliphatic rings. The molecule has 1 aromatic carbocycles. The fourth-order valence-electron chi connectivity index (χ4n) is 1.84. The van der Waals surface area contributed by atoms with E-state index >= 15 is 0 Å². The molecule has 0 saturated carbocycles. The van der Waals surface area contributed by atoms with Crippen molar-refractivity contribution in [2.24, 2.45) is 0 Å². The molecule has 7 heteroatoms. The SMILES string of the molecule is CNC(c1ccc(F)c(F)c1F)c1ncc(Br)cc1Br. The summed E-state index contributed by atoms with van der Waals surface area (Å²) in [5, 5.41) is 2.85. The van der Waals surface area contributed by atoms with E-state index < -0.39 is 23.5 Å². The second-order valence-corrected chi connectivity index (χ2v) is 5.78. The Kier molecular flexibility index (Phi) is 4.82. The molecule has 1 atom stereocenters. The molecule has 1 N–H and O–H groups in total. The van der Waals surface area contributed by atoms with Crippen molar-refractivity contribution < 1.29 is 13.2 Å². The lowest BCUT2D eigenvalue weighted by Crippen LogP contribution is -2.21. The first kappa shape index (κ1) is 15.5. The molecule has 0 bridgehead atoms. The van der Waals surface area contributed by atoms with Crippen molar-refractivity contribution in [3.05, 3.63) is 62.1 Å². The number of hydrogen-bond donors (Lipinski definition) is 1. The van der Waals surface area contributed by atoms with Crippen LogP contribution in [0.4, 0.5) is 13.2 Å². The summed E-state index contributed by atoms with van der Waals surface area (Å²) in [7, 11) is 1.58. The number of aromatic nitrogens is 1. The van der Waals surface area contributed by atoms with Crippen LogP contribution in [0.25, 0.3) is 0 Å². The van der Waals surface area contributed by atoms with Crippen molar-refractivity contribution in [3.63, 3.8) is 0 Å². The van der Waals surface area contributed by atoms with Gasteiger partial charge in [-0.1, -0.05) is 6.07 Å². The van der Waals surface area contributed by atoms with Crippen LogP contribution >= 0.6 is 31.9 Å². The molecule has 0 aliphatic carbocycles. The Bertz CT molecular complexity index is 650. The normalized spacial score (nSPS) is 12.5. The summed E-state index contributed by atoms with van der Waals surface area (Å²) in [6.45, 7) is 0. The Balaban J connectivity index is 2.55. The molecule has 0 saturated heterocycles. The smallest absolute Gasteiger partial charge is 0.194 e. The van der Waals surface area contributed by atoms with E-state index in [0.29, 0.717) is 10.2 Å². The average molecular weight is 410 g/mol. The highest BCUT2D eigenvalue weighted by Crippen LogP contribution is 2.31. The van der Waals surface area contributed by atoms with Crippen molar-refractivity contribution in [1.29, 1.82) is 0 Å². The zero-order valence-corrected chi connectivity index (χ0v) is 13.4. The van der Waals surface area contributed by atoms with E-state index in [1.165, 1.54) is 6.07 Å². The van der Waals surface area contributed by atoms with Gasteiger partial charge in [0.1, 0.15) is 0 Å². The van der Waals surface area contributed by atoms with Gasteiger partial charge in [-0.2, -0.15) is 0 Å². The monoisotopic (exact) mass is 408 g/mol. The molecular formula is C13H9Br2F3N2. The molecule has 2 rings (SSSR count). The zero-order chi connectivity index (χ0) is 14.9. The quantitative estimate of drug-likeness (QED) is 0.763. The Morgan fingerprint density at radius 1 is 1.15 bits per heavy atom. The van der Waals surface area contributed by atoms with Crippen LogP contribution in [-0.4, -0.2) is 12.0 Å². The van der Waals surface area contributed by atoms with Gasteiger partial charge in [0.2, 0.25) is 0 Å².